The standard InChI is InChI=1S/C14H17NO4/c1-4-10(14(17)18)15-11-7-8(2)5-6-12(11)19-9(3)13(15)16/h5-7,9-10H,4H2,1-3H3,(H,17,18). The molecule has 2 atom stereocenters. The summed E-state index contributed by atoms with van der Waals surface area (Å²) in [6.07, 6.45) is -0.315. The van der Waals surface area contributed by atoms with Crippen molar-refractivity contribution in [2.45, 2.75) is 39.3 Å². The molecule has 0 aromatic heterocycles. The van der Waals surface area contributed by atoms with Gasteiger partial charge in [-0.25, -0.2) is 4.79 Å². The number of fused-ring (bicyclic) bond motifs is 1. The SMILES string of the molecule is CCC(C(=O)O)N1C(=O)C(C)Oc2ccc(C)cc21. The number of nitrogens with zero attached hydrogens (tertiary/aromatic N) is 1. The number of ether oxygens (including phenoxy) is 1. The normalized spacial score (nSPS) is 19.6. The predicted molar refractivity (Wildman–Crippen MR) is 70.5 cm³/mol. The number of aryl methyl sites for hydroxylation is 1. The minimum atomic E-state index is -1.00. The lowest BCUT2D eigenvalue weighted by Gasteiger charge is -2.36. The van der Waals surface area contributed by atoms with Crippen LogP contribution in [0.4, 0.5) is 5.69 Å². The number of carbonyl (C=O) groups excluding carboxylic acids is 1. The fourth-order valence-corrected chi connectivity index (χ4v) is 2.26. The molecule has 0 bridgehead atoms. The van der Waals surface area contributed by atoms with E-state index in [1.165, 1.54) is 4.90 Å². The molecule has 1 amide bonds. The molecule has 1 aromatic rings. The first kappa shape index (κ1) is 13.4. The third kappa shape index (κ3) is 2.28. The van der Waals surface area contributed by atoms with Crippen molar-refractivity contribution in [3.63, 3.8) is 0 Å². The van der Waals surface area contributed by atoms with Crippen molar-refractivity contribution in [3.8, 4) is 5.75 Å². The highest BCUT2D eigenvalue weighted by molar-refractivity contribution is 6.04. The zero-order valence-corrected chi connectivity index (χ0v) is 11.2. The van der Waals surface area contributed by atoms with Gasteiger partial charge >= 0.3 is 5.97 Å². The number of aliphatic carboxylic acids is 1. The molecule has 19 heavy (non-hydrogen) atoms. The molecule has 5 nitrogen and oxygen atoms in total. The van der Waals surface area contributed by atoms with Gasteiger partial charge in [0.25, 0.3) is 5.91 Å². The number of carbonyl (C=O) groups is 2. The summed E-state index contributed by atoms with van der Waals surface area (Å²) in [7, 11) is 0. The number of hydrogen-bond acceptors (Lipinski definition) is 3. The van der Waals surface area contributed by atoms with Gasteiger partial charge < -0.3 is 9.84 Å². The minimum absolute atomic E-state index is 0.313. The van der Waals surface area contributed by atoms with Gasteiger partial charge in [-0.2, -0.15) is 0 Å². The number of amides is 1. The molecule has 1 heterocycles. The van der Waals surface area contributed by atoms with E-state index in [1.54, 1.807) is 26.0 Å². The molecule has 102 valence electrons. The quantitative estimate of drug-likeness (QED) is 0.905. The molecule has 0 aliphatic carbocycles. The molecule has 1 aliphatic rings. The second-order valence-corrected chi connectivity index (χ2v) is 4.70. The van der Waals surface area contributed by atoms with Crippen molar-refractivity contribution in [1.82, 2.24) is 0 Å². The molecular weight excluding hydrogens is 246 g/mol. The average Bonchev–Trinajstić information content (AvgIpc) is 2.35. The summed E-state index contributed by atoms with van der Waals surface area (Å²) < 4.78 is 5.52. The predicted octanol–water partition coefficient (Wildman–Crippen LogP) is 1.97. The Balaban J connectivity index is 2.55. The Morgan fingerprint density at radius 1 is 1.53 bits per heavy atom. The Hall–Kier alpha value is -2.04. The van der Waals surface area contributed by atoms with Crippen LogP contribution in [-0.4, -0.2) is 29.1 Å². The Morgan fingerprint density at radius 2 is 2.21 bits per heavy atom. The summed E-state index contributed by atoms with van der Waals surface area (Å²) in [4.78, 5) is 24.9. The van der Waals surface area contributed by atoms with E-state index in [4.69, 9.17) is 4.74 Å². The van der Waals surface area contributed by atoms with Gasteiger partial charge in [0.1, 0.15) is 11.8 Å². The van der Waals surface area contributed by atoms with Crippen LogP contribution >= 0.6 is 0 Å². The summed E-state index contributed by atoms with van der Waals surface area (Å²) in [6.45, 7) is 5.27. The summed E-state index contributed by atoms with van der Waals surface area (Å²) >= 11 is 0. The first-order valence-electron chi connectivity index (χ1n) is 6.29. The van der Waals surface area contributed by atoms with Gasteiger partial charge in [-0.3, -0.25) is 9.69 Å². The maximum absolute atomic E-state index is 12.2. The van der Waals surface area contributed by atoms with Crippen LogP contribution in [0.3, 0.4) is 0 Å². The molecular formula is C14H17NO4. The van der Waals surface area contributed by atoms with Crippen LogP contribution in [0.5, 0.6) is 5.75 Å². The molecule has 1 aliphatic heterocycles. The third-order valence-electron chi connectivity index (χ3n) is 3.25. The molecule has 1 aromatic carbocycles. The maximum atomic E-state index is 12.2. The van der Waals surface area contributed by atoms with Gasteiger partial charge in [0.05, 0.1) is 5.69 Å². The molecule has 1 N–H and O–H groups in total. The van der Waals surface area contributed by atoms with E-state index in [9.17, 15) is 14.7 Å². The highest BCUT2D eigenvalue weighted by atomic mass is 16.5. The first-order chi connectivity index (χ1) is 8.95. The Bertz CT molecular complexity index is 526. The molecule has 0 fully saturated rings. The van der Waals surface area contributed by atoms with Crippen molar-refractivity contribution in [3.05, 3.63) is 23.8 Å². The van der Waals surface area contributed by atoms with Gasteiger partial charge in [0.15, 0.2) is 6.10 Å². The van der Waals surface area contributed by atoms with E-state index in [-0.39, 0.29) is 5.91 Å². The van der Waals surface area contributed by atoms with E-state index >= 15 is 0 Å². The first-order valence-corrected chi connectivity index (χ1v) is 6.29. The monoisotopic (exact) mass is 263 g/mol. The van der Waals surface area contributed by atoms with Gasteiger partial charge in [0.2, 0.25) is 0 Å². The number of benzene rings is 1. The second-order valence-electron chi connectivity index (χ2n) is 4.70. The summed E-state index contributed by atoms with van der Waals surface area (Å²) in [5.74, 6) is -0.762. The number of carboxylic acid groups (broad SMARTS) is 1. The number of rotatable bonds is 3. The highest BCUT2D eigenvalue weighted by Crippen LogP contribution is 2.36. The molecule has 2 unspecified atom stereocenters. The fourth-order valence-electron chi connectivity index (χ4n) is 2.26. The smallest absolute Gasteiger partial charge is 0.326 e. The van der Waals surface area contributed by atoms with Crippen molar-refractivity contribution in [1.29, 1.82) is 0 Å². The maximum Gasteiger partial charge on any atom is 0.326 e. The van der Waals surface area contributed by atoms with Gasteiger partial charge in [-0.15, -0.1) is 0 Å². The van der Waals surface area contributed by atoms with Crippen LogP contribution in [0.15, 0.2) is 18.2 Å². The second kappa shape index (κ2) is 4.91. The molecule has 5 heteroatoms. The fraction of sp³-hybridized carbons (Fsp3) is 0.429. The number of anilines is 1. The van der Waals surface area contributed by atoms with E-state index in [0.29, 0.717) is 17.9 Å². The molecule has 0 spiro atoms. The van der Waals surface area contributed by atoms with Gasteiger partial charge in [-0.05, 0) is 38.0 Å². The van der Waals surface area contributed by atoms with Crippen LogP contribution in [0, 0.1) is 6.92 Å². The molecule has 0 radical (unpaired) electrons. The van der Waals surface area contributed by atoms with Crippen molar-refractivity contribution < 1.29 is 19.4 Å². The zero-order chi connectivity index (χ0) is 14.2. The van der Waals surface area contributed by atoms with E-state index in [2.05, 4.69) is 0 Å². The topological polar surface area (TPSA) is 66.8 Å². The third-order valence-corrected chi connectivity index (χ3v) is 3.25. The van der Waals surface area contributed by atoms with Crippen LogP contribution in [0.25, 0.3) is 0 Å². The summed E-state index contributed by atoms with van der Waals surface area (Å²) in [6, 6.07) is 4.57. The Labute approximate surface area is 111 Å². The Kier molecular flexibility index (Phi) is 3.46. The lowest BCUT2D eigenvalue weighted by Crippen LogP contribution is -2.52. The molecule has 0 saturated heterocycles. The Morgan fingerprint density at radius 3 is 2.79 bits per heavy atom. The van der Waals surface area contributed by atoms with Crippen molar-refractivity contribution in [2.75, 3.05) is 4.90 Å². The zero-order valence-electron chi connectivity index (χ0n) is 11.2. The van der Waals surface area contributed by atoms with Crippen molar-refractivity contribution in [2.24, 2.45) is 0 Å². The number of carboxylic acids is 1. The molecule has 2 rings (SSSR count). The van der Waals surface area contributed by atoms with E-state index in [1.807, 2.05) is 13.0 Å². The summed E-state index contributed by atoms with van der Waals surface area (Å²) in [5, 5.41) is 9.29. The molecule has 0 saturated carbocycles. The van der Waals surface area contributed by atoms with Crippen LogP contribution < -0.4 is 9.64 Å². The lowest BCUT2D eigenvalue weighted by molar-refractivity contribution is -0.141. The largest absolute Gasteiger partial charge is 0.480 e. The van der Waals surface area contributed by atoms with Gasteiger partial charge in [0, 0.05) is 0 Å². The van der Waals surface area contributed by atoms with Gasteiger partial charge in [-0.1, -0.05) is 13.0 Å². The van der Waals surface area contributed by atoms with Crippen LogP contribution in [-0.2, 0) is 9.59 Å². The van der Waals surface area contributed by atoms with E-state index < -0.39 is 18.1 Å². The summed E-state index contributed by atoms with van der Waals surface area (Å²) in [5.41, 5.74) is 1.49. The minimum Gasteiger partial charge on any atom is -0.480 e. The number of hydrogen-bond donors (Lipinski definition) is 1. The van der Waals surface area contributed by atoms with Crippen LogP contribution in [0.1, 0.15) is 25.8 Å². The average molecular weight is 263 g/mol. The van der Waals surface area contributed by atoms with Crippen LogP contribution in [0.2, 0.25) is 0 Å². The van der Waals surface area contributed by atoms with E-state index in [0.717, 1.165) is 5.56 Å². The highest BCUT2D eigenvalue weighted by Gasteiger charge is 2.38. The lowest BCUT2D eigenvalue weighted by atomic mass is 10.1. The van der Waals surface area contributed by atoms with Crippen molar-refractivity contribution >= 4 is 17.6 Å².